The van der Waals surface area contributed by atoms with Crippen molar-refractivity contribution in [3.8, 4) is 0 Å². The first-order valence-electron chi connectivity index (χ1n) is 8.41. The predicted octanol–water partition coefficient (Wildman–Crippen LogP) is 5.07. The van der Waals surface area contributed by atoms with Gasteiger partial charge in [-0.2, -0.15) is 0 Å². The average molecular weight is 297 g/mol. The van der Waals surface area contributed by atoms with Crippen LogP contribution in [0.3, 0.4) is 0 Å². The Hall–Kier alpha value is -1.09. The van der Waals surface area contributed by atoms with E-state index in [1.165, 1.54) is 70.3 Å². The van der Waals surface area contributed by atoms with Gasteiger partial charge in [0.2, 0.25) is 0 Å². The minimum absolute atomic E-state index is 0.872. The lowest BCUT2D eigenvalue weighted by Gasteiger charge is -2.00. The van der Waals surface area contributed by atoms with Gasteiger partial charge in [0.15, 0.2) is 0 Å². The van der Waals surface area contributed by atoms with E-state index in [-0.39, 0.29) is 0 Å². The van der Waals surface area contributed by atoms with Crippen molar-refractivity contribution in [3.05, 3.63) is 24.3 Å². The maximum atomic E-state index is 9.75. The Morgan fingerprint density at radius 2 is 1.38 bits per heavy atom. The predicted molar refractivity (Wildman–Crippen MR) is 92.5 cm³/mol. The van der Waals surface area contributed by atoms with Crippen molar-refractivity contribution in [1.29, 1.82) is 0 Å². The fourth-order valence-corrected chi connectivity index (χ4v) is 1.88. The summed E-state index contributed by atoms with van der Waals surface area (Å²) >= 11 is 0. The molecule has 0 aliphatic rings. The van der Waals surface area contributed by atoms with Crippen LogP contribution >= 0.6 is 0 Å². The molecule has 0 aliphatic carbocycles. The van der Waals surface area contributed by atoms with Crippen LogP contribution in [0.4, 0.5) is 0 Å². The molecular formula is C18H35NO2. The maximum absolute atomic E-state index is 9.75. The van der Waals surface area contributed by atoms with Crippen molar-refractivity contribution in [2.24, 2.45) is 5.73 Å². The van der Waals surface area contributed by atoms with Gasteiger partial charge in [-0.15, -0.1) is 0 Å². The molecule has 0 unspecified atom stereocenters. The summed E-state index contributed by atoms with van der Waals surface area (Å²) in [7, 11) is 0. The van der Waals surface area contributed by atoms with Crippen molar-refractivity contribution >= 4 is 5.97 Å². The SMILES string of the molecule is CC=CC=CC(=O)O.CCCCCCCCCCCCN. The Kier molecular flexibility index (Phi) is 22.4. The molecule has 0 aromatic carbocycles. The lowest BCUT2D eigenvalue weighted by molar-refractivity contribution is -0.131. The molecule has 21 heavy (non-hydrogen) atoms. The zero-order valence-corrected chi connectivity index (χ0v) is 14.0. The summed E-state index contributed by atoms with van der Waals surface area (Å²) < 4.78 is 0. The first-order chi connectivity index (χ1) is 10.2. The summed E-state index contributed by atoms with van der Waals surface area (Å²) in [4.78, 5) is 9.75. The second-order valence-electron chi connectivity index (χ2n) is 5.19. The molecule has 0 heterocycles. The third-order valence-corrected chi connectivity index (χ3v) is 3.10. The summed E-state index contributed by atoms with van der Waals surface area (Å²) in [6.07, 6.45) is 19.9. The van der Waals surface area contributed by atoms with Crippen molar-refractivity contribution in [3.63, 3.8) is 0 Å². The molecule has 0 aliphatic heterocycles. The van der Waals surface area contributed by atoms with Gasteiger partial charge in [-0.05, 0) is 19.9 Å². The molecule has 124 valence electrons. The van der Waals surface area contributed by atoms with Crippen LogP contribution in [0, 0.1) is 0 Å². The highest BCUT2D eigenvalue weighted by atomic mass is 16.4. The summed E-state index contributed by atoms with van der Waals surface area (Å²) in [5.41, 5.74) is 5.42. The van der Waals surface area contributed by atoms with Crippen LogP contribution in [0.5, 0.6) is 0 Å². The Morgan fingerprint density at radius 3 is 1.76 bits per heavy atom. The van der Waals surface area contributed by atoms with Gasteiger partial charge in [0.1, 0.15) is 0 Å². The highest BCUT2D eigenvalue weighted by molar-refractivity contribution is 5.80. The zero-order chi connectivity index (χ0) is 16.2. The Labute approximate surface area is 131 Å². The number of nitrogens with two attached hydrogens (primary N) is 1. The summed E-state index contributed by atoms with van der Waals surface area (Å²) in [5.74, 6) is -0.914. The van der Waals surface area contributed by atoms with E-state index < -0.39 is 5.97 Å². The van der Waals surface area contributed by atoms with Gasteiger partial charge in [0, 0.05) is 6.08 Å². The van der Waals surface area contributed by atoms with Crippen LogP contribution in [0.2, 0.25) is 0 Å². The molecule has 0 bridgehead atoms. The minimum atomic E-state index is -0.914. The first kappa shape index (κ1) is 22.2. The number of carbonyl (C=O) groups is 1. The van der Waals surface area contributed by atoms with E-state index in [9.17, 15) is 4.79 Å². The Bertz CT molecular complexity index is 250. The second-order valence-corrected chi connectivity index (χ2v) is 5.19. The van der Waals surface area contributed by atoms with Crippen molar-refractivity contribution in [1.82, 2.24) is 0 Å². The van der Waals surface area contributed by atoms with Crippen molar-refractivity contribution in [2.45, 2.75) is 78.1 Å². The third-order valence-electron chi connectivity index (χ3n) is 3.10. The normalized spacial score (nSPS) is 10.8. The Balaban J connectivity index is 0. The summed E-state index contributed by atoms with van der Waals surface area (Å²) in [5, 5.41) is 8.02. The number of hydrogen-bond donors (Lipinski definition) is 2. The van der Waals surface area contributed by atoms with Crippen LogP contribution in [-0.4, -0.2) is 17.6 Å². The van der Waals surface area contributed by atoms with Gasteiger partial charge in [0.25, 0.3) is 0 Å². The number of carboxylic acids is 1. The average Bonchev–Trinajstić information content (AvgIpc) is 2.46. The molecule has 0 rings (SSSR count). The molecule has 3 heteroatoms. The van der Waals surface area contributed by atoms with Crippen molar-refractivity contribution in [2.75, 3.05) is 6.54 Å². The molecule has 3 nitrogen and oxygen atoms in total. The molecule has 0 saturated carbocycles. The van der Waals surface area contributed by atoms with Gasteiger partial charge in [-0.25, -0.2) is 4.79 Å². The zero-order valence-electron chi connectivity index (χ0n) is 14.0. The smallest absolute Gasteiger partial charge is 0.328 e. The molecule has 0 aromatic rings. The molecule has 0 aromatic heterocycles. The van der Waals surface area contributed by atoms with E-state index in [1.807, 2.05) is 6.92 Å². The third kappa shape index (κ3) is 27.9. The topological polar surface area (TPSA) is 63.3 Å². The molecule has 0 saturated heterocycles. The van der Waals surface area contributed by atoms with E-state index in [0.717, 1.165) is 12.6 Å². The first-order valence-corrected chi connectivity index (χ1v) is 8.41. The number of unbranched alkanes of at least 4 members (excludes halogenated alkanes) is 9. The molecular weight excluding hydrogens is 262 g/mol. The van der Waals surface area contributed by atoms with Crippen LogP contribution in [0.15, 0.2) is 24.3 Å². The number of rotatable bonds is 12. The number of carboxylic acid groups (broad SMARTS) is 1. The standard InChI is InChI=1S/C12H27N.C6H8O2/c1-2-3-4-5-6-7-8-9-10-11-12-13;1-2-3-4-5-6(7)8/h2-13H2,1H3;2-5H,1H3,(H,7,8). The quantitative estimate of drug-likeness (QED) is 0.300. The molecule has 0 spiro atoms. The lowest BCUT2D eigenvalue weighted by Crippen LogP contribution is -1.97. The molecule has 0 atom stereocenters. The summed E-state index contributed by atoms with van der Waals surface area (Å²) in [6, 6.07) is 0. The Morgan fingerprint density at radius 1 is 0.905 bits per heavy atom. The molecule has 0 fully saturated rings. The van der Waals surface area contributed by atoms with Crippen molar-refractivity contribution < 1.29 is 9.90 Å². The van der Waals surface area contributed by atoms with Gasteiger partial charge in [-0.1, -0.05) is 82.9 Å². The van der Waals surface area contributed by atoms with E-state index in [0.29, 0.717) is 0 Å². The van der Waals surface area contributed by atoms with E-state index in [4.69, 9.17) is 10.8 Å². The molecule has 3 N–H and O–H groups in total. The van der Waals surface area contributed by atoms with Gasteiger partial charge in [-0.3, -0.25) is 0 Å². The van der Waals surface area contributed by atoms with Crippen LogP contribution in [-0.2, 0) is 4.79 Å². The molecule has 0 amide bonds. The fraction of sp³-hybridized carbons (Fsp3) is 0.722. The largest absolute Gasteiger partial charge is 0.478 e. The van der Waals surface area contributed by atoms with Crippen LogP contribution < -0.4 is 5.73 Å². The number of hydrogen-bond acceptors (Lipinski definition) is 2. The fourth-order valence-electron chi connectivity index (χ4n) is 1.88. The van der Waals surface area contributed by atoms with Gasteiger partial charge >= 0.3 is 5.97 Å². The van der Waals surface area contributed by atoms with E-state index >= 15 is 0 Å². The molecule has 0 radical (unpaired) electrons. The maximum Gasteiger partial charge on any atom is 0.328 e. The highest BCUT2D eigenvalue weighted by Gasteiger charge is 1.91. The van der Waals surface area contributed by atoms with E-state index in [2.05, 4.69) is 6.92 Å². The van der Waals surface area contributed by atoms with E-state index in [1.54, 1.807) is 12.2 Å². The highest BCUT2D eigenvalue weighted by Crippen LogP contribution is 2.09. The summed E-state index contributed by atoms with van der Waals surface area (Å²) in [6.45, 7) is 4.97. The number of aliphatic carboxylic acids is 1. The van der Waals surface area contributed by atoms with Crippen LogP contribution in [0.1, 0.15) is 78.1 Å². The van der Waals surface area contributed by atoms with Gasteiger partial charge < -0.3 is 10.8 Å². The monoisotopic (exact) mass is 297 g/mol. The second kappa shape index (κ2) is 21.2. The van der Waals surface area contributed by atoms with Crippen LogP contribution in [0.25, 0.3) is 0 Å². The number of allylic oxidation sites excluding steroid dienone is 3. The minimum Gasteiger partial charge on any atom is -0.478 e. The lowest BCUT2D eigenvalue weighted by atomic mass is 10.1. The van der Waals surface area contributed by atoms with Gasteiger partial charge in [0.05, 0.1) is 0 Å².